The number of carbonyl (C=O) groups excluding carboxylic acids is 1. The molecule has 3 heterocycles. The van der Waals surface area contributed by atoms with E-state index < -0.39 is 34.1 Å². The summed E-state index contributed by atoms with van der Waals surface area (Å²) < 4.78 is 58.8. The molecule has 0 spiro atoms. The molecular formula is C24H36FN3O7S. The third-order valence-electron chi connectivity index (χ3n) is 6.83. The van der Waals surface area contributed by atoms with Crippen molar-refractivity contribution in [1.29, 1.82) is 0 Å². The normalized spacial score (nSPS) is 28.6. The Balaban J connectivity index is 1.33. The number of rotatable bonds is 8. The van der Waals surface area contributed by atoms with Gasteiger partial charge in [0.1, 0.15) is 5.82 Å². The molecule has 0 radical (unpaired) electrons. The first-order valence-electron chi connectivity index (χ1n) is 12.6. The minimum absolute atomic E-state index is 0.0456. The highest BCUT2D eigenvalue weighted by Gasteiger charge is 2.43. The Labute approximate surface area is 211 Å². The summed E-state index contributed by atoms with van der Waals surface area (Å²) in [5.41, 5.74) is 0. The Morgan fingerprint density at radius 3 is 2.75 bits per heavy atom. The first-order chi connectivity index (χ1) is 17.3. The van der Waals surface area contributed by atoms with E-state index in [1.165, 1.54) is 22.5 Å². The van der Waals surface area contributed by atoms with Crippen LogP contribution in [0.1, 0.15) is 25.7 Å². The highest BCUT2D eigenvalue weighted by Crippen LogP contribution is 2.31. The topological polar surface area (TPSA) is 118 Å². The van der Waals surface area contributed by atoms with Crippen molar-refractivity contribution < 1.29 is 36.9 Å². The average molecular weight is 530 g/mol. The first-order valence-corrected chi connectivity index (χ1v) is 14.0. The van der Waals surface area contributed by atoms with Crippen LogP contribution in [0.5, 0.6) is 0 Å². The first kappa shape index (κ1) is 27.4. The van der Waals surface area contributed by atoms with Crippen molar-refractivity contribution in [3.05, 3.63) is 30.1 Å². The van der Waals surface area contributed by atoms with Gasteiger partial charge in [-0.3, -0.25) is 9.69 Å². The molecule has 0 saturated carbocycles. The largest absolute Gasteiger partial charge is 0.389 e. The average Bonchev–Trinajstić information content (AvgIpc) is 2.85. The van der Waals surface area contributed by atoms with Crippen molar-refractivity contribution in [1.82, 2.24) is 14.5 Å². The van der Waals surface area contributed by atoms with Crippen LogP contribution in [0.4, 0.5) is 4.39 Å². The second-order valence-corrected chi connectivity index (χ2v) is 11.4. The van der Waals surface area contributed by atoms with Gasteiger partial charge in [0.25, 0.3) is 0 Å². The fourth-order valence-electron chi connectivity index (χ4n) is 4.97. The summed E-state index contributed by atoms with van der Waals surface area (Å²) in [6.45, 7) is 4.67. The Kier molecular flexibility index (Phi) is 9.67. The van der Waals surface area contributed by atoms with Crippen molar-refractivity contribution in [2.24, 2.45) is 0 Å². The number of morpholine rings is 1. The summed E-state index contributed by atoms with van der Waals surface area (Å²) >= 11 is 0. The molecular weight excluding hydrogens is 493 g/mol. The smallest absolute Gasteiger partial charge is 0.243 e. The fraction of sp³-hybridized carbons (Fsp3) is 0.708. The summed E-state index contributed by atoms with van der Waals surface area (Å²) in [6, 6.07) is 4.24. The molecule has 4 atom stereocenters. The maximum atomic E-state index is 13.8. The third kappa shape index (κ3) is 7.21. The van der Waals surface area contributed by atoms with Gasteiger partial charge in [0.2, 0.25) is 15.9 Å². The number of aliphatic hydroxyl groups excluding tert-OH is 1. The molecule has 36 heavy (non-hydrogen) atoms. The molecule has 3 aliphatic heterocycles. The van der Waals surface area contributed by atoms with Gasteiger partial charge < -0.3 is 24.6 Å². The molecule has 0 bridgehead atoms. The molecule has 3 fully saturated rings. The van der Waals surface area contributed by atoms with Crippen LogP contribution in [0.15, 0.2) is 29.2 Å². The molecule has 12 heteroatoms. The highest BCUT2D eigenvalue weighted by atomic mass is 32.2. The highest BCUT2D eigenvalue weighted by molar-refractivity contribution is 7.89. The van der Waals surface area contributed by atoms with E-state index >= 15 is 0 Å². The predicted molar refractivity (Wildman–Crippen MR) is 128 cm³/mol. The molecule has 3 aliphatic rings. The molecule has 0 aromatic heterocycles. The Morgan fingerprint density at radius 1 is 1.17 bits per heavy atom. The van der Waals surface area contributed by atoms with E-state index in [9.17, 15) is 22.7 Å². The van der Waals surface area contributed by atoms with E-state index in [2.05, 4.69) is 10.2 Å². The Bertz CT molecular complexity index is 976. The van der Waals surface area contributed by atoms with Gasteiger partial charge in [0.05, 0.1) is 62.1 Å². The van der Waals surface area contributed by atoms with Crippen molar-refractivity contribution in [3.63, 3.8) is 0 Å². The number of nitrogens with one attached hydrogen (secondary N) is 1. The maximum absolute atomic E-state index is 13.8. The molecule has 0 unspecified atom stereocenters. The number of nitrogens with zero attached hydrogens (tertiary/aromatic N) is 2. The van der Waals surface area contributed by atoms with E-state index in [0.29, 0.717) is 19.4 Å². The standard InChI is InChI=1S/C24H36FN3O7S/c25-18-3-1-4-21(13-18)36(31,32)28-15-19(29)16-34-17-23-22(28)6-5-20(35-23)14-24(30)26-7-2-8-27-9-11-33-12-10-27/h1,3-4,13,19-20,22-23,29H,2,5-12,14-17H2,(H,26,30)/t19-,20-,22+,23-/m0/s1. The zero-order valence-corrected chi connectivity index (χ0v) is 21.2. The van der Waals surface area contributed by atoms with Crippen LogP contribution in [0.2, 0.25) is 0 Å². The molecule has 2 N–H and O–H groups in total. The number of benzene rings is 1. The second kappa shape index (κ2) is 12.7. The van der Waals surface area contributed by atoms with Gasteiger partial charge in [0, 0.05) is 26.2 Å². The van der Waals surface area contributed by atoms with Crippen molar-refractivity contribution >= 4 is 15.9 Å². The monoisotopic (exact) mass is 529 g/mol. The molecule has 3 saturated heterocycles. The van der Waals surface area contributed by atoms with Gasteiger partial charge in [-0.05, 0) is 44.0 Å². The minimum Gasteiger partial charge on any atom is -0.389 e. The number of halogens is 1. The lowest BCUT2D eigenvalue weighted by molar-refractivity contribution is -0.146. The number of sulfonamides is 1. The van der Waals surface area contributed by atoms with Gasteiger partial charge >= 0.3 is 0 Å². The zero-order valence-electron chi connectivity index (χ0n) is 20.4. The zero-order chi connectivity index (χ0) is 25.5. The Morgan fingerprint density at radius 2 is 1.97 bits per heavy atom. The van der Waals surface area contributed by atoms with E-state index in [0.717, 1.165) is 45.3 Å². The lowest BCUT2D eigenvalue weighted by Gasteiger charge is -2.43. The molecule has 4 rings (SSSR count). The van der Waals surface area contributed by atoms with Crippen molar-refractivity contribution in [3.8, 4) is 0 Å². The van der Waals surface area contributed by atoms with E-state index in [1.54, 1.807) is 0 Å². The number of fused-ring (bicyclic) bond motifs is 1. The summed E-state index contributed by atoms with van der Waals surface area (Å²) in [4.78, 5) is 14.6. The van der Waals surface area contributed by atoms with Crippen LogP contribution in [0.3, 0.4) is 0 Å². The van der Waals surface area contributed by atoms with Crippen molar-refractivity contribution in [2.75, 3.05) is 59.2 Å². The van der Waals surface area contributed by atoms with Crippen LogP contribution < -0.4 is 5.32 Å². The van der Waals surface area contributed by atoms with Crippen molar-refractivity contribution in [2.45, 2.75) is 54.9 Å². The number of hydrogen-bond donors (Lipinski definition) is 2. The minimum atomic E-state index is -4.09. The van der Waals surface area contributed by atoms with Crippen LogP contribution in [-0.4, -0.2) is 112 Å². The molecule has 202 valence electrons. The van der Waals surface area contributed by atoms with Crippen LogP contribution in [0, 0.1) is 5.82 Å². The van der Waals surface area contributed by atoms with E-state index in [4.69, 9.17) is 14.2 Å². The summed E-state index contributed by atoms with van der Waals surface area (Å²) in [5.74, 6) is -0.758. The number of hydrogen-bond acceptors (Lipinski definition) is 8. The van der Waals surface area contributed by atoms with Gasteiger partial charge in [-0.25, -0.2) is 12.8 Å². The number of carbonyl (C=O) groups is 1. The quantitative estimate of drug-likeness (QED) is 0.464. The predicted octanol–water partition coefficient (Wildman–Crippen LogP) is 0.352. The number of β-amino-alcohol motifs (C(OH)–C–C–N with tert-alkyl or cyclic N) is 1. The van der Waals surface area contributed by atoms with Gasteiger partial charge in [-0.15, -0.1) is 0 Å². The second-order valence-electron chi connectivity index (χ2n) is 9.53. The lowest BCUT2D eigenvalue weighted by Crippen LogP contribution is -2.57. The molecule has 0 aliphatic carbocycles. The Hall–Kier alpha value is -1.67. The van der Waals surface area contributed by atoms with E-state index in [1.807, 2.05) is 0 Å². The third-order valence-corrected chi connectivity index (χ3v) is 8.71. The molecule has 10 nitrogen and oxygen atoms in total. The SMILES string of the molecule is O=C(C[C@@H]1CC[C@@H]2[C@H](COC[C@@H](O)CN2S(=O)(=O)c2cccc(F)c2)O1)NCCCN1CCOCC1. The van der Waals surface area contributed by atoms with Gasteiger partial charge in [-0.1, -0.05) is 6.07 Å². The summed E-state index contributed by atoms with van der Waals surface area (Å²) in [7, 11) is -4.09. The van der Waals surface area contributed by atoms with Gasteiger partial charge in [-0.2, -0.15) is 4.31 Å². The summed E-state index contributed by atoms with van der Waals surface area (Å²) in [5, 5.41) is 13.2. The van der Waals surface area contributed by atoms with E-state index in [-0.39, 0.29) is 43.1 Å². The fourth-order valence-corrected chi connectivity index (χ4v) is 6.72. The molecule has 1 aromatic carbocycles. The van der Waals surface area contributed by atoms with Gasteiger partial charge in [0.15, 0.2) is 0 Å². The molecule has 1 amide bonds. The van der Waals surface area contributed by atoms with Crippen LogP contribution >= 0.6 is 0 Å². The number of amides is 1. The maximum Gasteiger partial charge on any atom is 0.243 e. The lowest BCUT2D eigenvalue weighted by atomic mass is 9.96. The van der Waals surface area contributed by atoms with Crippen LogP contribution in [-0.2, 0) is 29.0 Å². The van der Waals surface area contributed by atoms with Crippen LogP contribution in [0.25, 0.3) is 0 Å². The summed E-state index contributed by atoms with van der Waals surface area (Å²) in [6.07, 6.45) is -0.0377. The number of aliphatic hydroxyl groups is 1. The number of ether oxygens (including phenoxy) is 3. The molecule has 1 aromatic rings.